The molecule has 0 bridgehead atoms. The lowest BCUT2D eigenvalue weighted by Gasteiger charge is -2.31. The normalized spacial score (nSPS) is 17.3. The Bertz CT molecular complexity index is 428. The Morgan fingerprint density at radius 1 is 1.11 bits per heavy atom. The van der Waals surface area contributed by atoms with Crippen LogP contribution in [-0.4, -0.2) is 48.9 Å². The molecule has 1 aromatic carbocycles. The van der Waals surface area contributed by atoms with E-state index >= 15 is 0 Å². The number of benzene rings is 1. The van der Waals surface area contributed by atoms with E-state index in [1.807, 2.05) is 23.1 Å². The number of carbonyl (C=O) groups excluding carboxylic acids is 1. The molecule has 1 amide bonds. The second kappa shape index (κ2) is 5.83. The van der Waals surface area contributed by atoms with Crippen molar-refractivity contribution >= 4 is 12.0 Å². The standard InChI is InChI=1S/C15H20N2O/c1-13-3-5-14(6-4-13)7-8-15(18)17-11-9-16(2)10-12-17/h3-8H,9-12H2,1-2H3/b8-7+. The number of aryl methyl sites for hydroxylation is 1. The van der Waals surface area contributed by atoms with Crippen LogP contribution in [0.15, 0.2) is 30.3 Å². The van der Waals surface area contributed by atoms with Crippen molar-refractivity contribution < 1.29 is 4.79 Å². The van der Waals surface area contributed by atoms with E-state index in [-0.39, 0.29) is 5.91 Å². The Balaban J connectivity index is 1.92. The van der Waals surface area contributed by atoms with Crippen molar-refractivity contribution in [3.8, 4) is 0 Å². The Labute approximate surface area is 109 Å². The fraction of sp³-hybridized carbons (Fsp3) is 0.400. The van der Waals surface area contributed by atoms with Crippen LogP contribution in [-0.2, 0) is 4.79 Å². The lowest BCUT2D eigenvalue weighted by atomic mass is 10.1. The average Bonchev–Trinajstić information content (AvgIpc) is 2.38. The number of rotatable bonds is 2. The fourth-order valence-corrected chi connectivity index (χ4v) is 1.98. The van der Waals surface area contributed by atoms with Crippen molar-refractivity contribution in [3.63, 3.8) is 0 Å². The summed E-state index contributed by atoms with van der Waals surface area (Å²) in [6.45, 7) is 5.64. The summed E-state index contributed by atoms with van der Waals surface area (Å²) in [5, 5.41) is 0. The van der Waals surface area contributed by atoms with Gasteiger partial charge < -0.3 is 9.80 Å². The quantitative estimate of drug-likeness (QED) is 0.740. The summed E-state index contributed by atoms with van der Waals surface area (Å²) in [5.41, 5.74) is 2.31. The molecule has 1 heterocycles. The molecule has 18 heavy (non-hydrogen) atoms. The Kier molecular flexibility index (Phi) is 4.15. The number of hydrogen-bond acceptors (Lipinski definition) is 2. The lowest BCUT2D eigenvalue weighted by molar-refractivity contribution is -0.127. The lowest BCUT2D eigenvalue weighted by Crippen LogP contribution is -2.46. The van der Waals surface area contributed by atoms with Crippen molar-refractivity contribution in [1.29, 1.82) is 0 Å². The van der Waals surface area contributed by atoms with Gasteiger partial charge in [-0.15, -0.1) is 0 Å². The predicted molar refractivity (Wildman–Crippen MR) is 74.3 cm³/mol. The van der Waals surface area contributed by atoms with Crippen LogP contribution in [0.3, 0.4) is 0 Å². The molecule has 0 unspecified atom stereocenters. The molecule has 0 spiro atoms. The average molecular weight is 244 g/mol. The molecule has 0 N–H and O–H groups in total. The summed E-state index contributed by atoms with van der Waals surface area (Å²) in [6, 6.07) is 8.17. The summed E-state index contributed by atoms with van der Waals surface area (Å²) in [7, 11) is 2.09. The number of piperazine rings is 1. The van der Waals surface area contributed by atoms with E-state index in [2.05, 4.69) is 31.0 Å². The second-order valence-electron chi connectivity index (χ2n) is 4.87. The van der Waals surface area contributed by atoms with Gasteiger partial charge in [-0.3, -0.25) is 4.79 Å². The summed E-state index contributed by atoms with van der Waals surface area (Å²) in [5.74, 6) is 0.115. The maximum Gasteiger partial charge on any atom is 0.246 e. The molecule has 2 rings (SSSR count). The molecule has 3 heteroatoms. The number of nitrogens with zero attached hydrogens (tertiary/aromatic N) is 2. The van der Waals surface area contributed by atoms with E-state index in [1.165, 1.54) is 5.56 Å². The first-order valence-corrected chi connectivity index (χ1v) is 6.37. The van der Waals surface area contributed by atoms with E-state index in [9.17, 15) is 4.79 Å². The molecule has 0 saturated carbocycles. The zero-order valence-electron chi connectivity index (χ0n) is 11.1. The number of likely N-dealkylation sites (N-methyl/N-ethyl adjacent to an activating group) is 1. The summed E-state index contributed by atoms with van der Waals surface area (Å²) >= 11 is 0. The van der Waals surface area contributed by atoms with Crippen LogP contribution in [0.5, 0.6) is 0 Å². The van der Waals surface area contributed by atoms with Gasteiger partial charge in [0, 0.05) is 32.3 Å². The van der Waals surface area contributed by atoms with Crippen LogP contribution in [0.25, 0.3) is 6.08 Å². The molecule has 3 nitrogen and oxygen atoms in total. The minimum absolute atomic E-state index is 0.115. The van der Waals surface area contributed by atoms with Gasteiger partial charge in [-0.2, -0.15) is 0 Å². The Hall–Kier alpha value is -1.61. The van der Waals surface area contributed by atoms with Gasteiger partial charge in [0.05, 0.1) is 0 Å². The molecule has 0 aliphatic carbocycles. The highest BCUT2D eigenvalue weighted by Gasteiger charge is 2.16. The van der Waals surface area contributed by atoms with Gasteiger partial charge >= 0.3 is 0 Å². The largest absolute Gasteiger partial charge is 0.337 e. The zero-order chi connectivity index (χ0) is 13.0. The molecule has 0 aromatic heterocycles. The molecule has 1 aliphatic heterocycles. The van der Waals surface area contributed by atoms with Crippen LogP contribution >= 0.6 is 0 Å². The smallest absolute Gasteiger partial charge is 0.246 e. The second-order valence-corrected chi connectivity index (χ2v) is 4.87. The molecule has 1 fully saturated rings. The van der Waals surface area contributed by atoms with Crippen molar-refractivity contribution in [2.24, 2.45) is 0 Å². The maximum absolute atomic E-state index is 12.0. The van der Waals surface area contributed by atoms with Gasteiger partial charge in [0.15, 0.2) is 0 Å². The van der Waals surface area contributed by atoms with Crippen LogP contribution in [0.1, 0.15) is 11.1 Å². The minimum Gasteiger partial charge on any atom is -0.337 e. The summed E-state index contributed by atoms with van der Waals surface area (Å²) < 4.78 is 0. The predicted octanol–water partition coefficient (Wildman–Crippen LogP) is 1.78. The Morgan fingerprint density at radius 3 is 2.33 bits per heavy atom. The number of hydrogen-bond donors (Lipinski definition) is 0. The highest BCUT2D eigenvalue weighted by atomic mass is 16.2. The molecule has 0 radical (unpaired) electrons. The van der Waals surface area contributed by atoms with Gasteiger partial charge in [0.25, 0.3) is 0 Å². The van der Waals surface area contributed by atoms with E-state index in [4.69, 9.17) is 0 Å². The topological polar surface area (TPSA) is 23.6 Å². The highest BCUT2D eigenvalue weighted by molar-refractivity contribution is 5.91. The highest BCUT2D eigenvalue weighted by Crippen LogP contribution is 2.06. The van der Waals surface area contributed by atoms with Crippen molar-refractivity contribution in [2.45, 2.75) is 6.92 Å². The van der Waals surface area contributed by atoms with E-state index < -0.39 is 0 Å². The monoisotopic (exact) mass is 244 g/mol. The fourth-order valence-electron chi connectivity index (χ4n) is 1.98. The molecular weight excluding hydrogens is 224 g/mol. The van der Waals surface area contributed by atoms with E-state index in [1.54, 1.807) is 6.08 Å². The van der Waals surface area contributed by atoms with Crippen molar-refractivity contribution in [2.75, 3.05) is 33.2 Å². The van der Waals surface area contributed by atoms with E-state index in [0.717, 1.165) is 31.7 Å². The Morgan fingerprint density at radius 2 is 1.72 bits per heavy atom. The SMILES string of the molecule is Cc1ccc(/C=C/C(=O)N2CCN(C)CC2)cc1. The van der Waals surface area contributed by atoms with Gasteiger partial charge in [-0.25, -0.2) is 0 Å². The van der Waals surface area contributed by atoms with Crippen LogP contribution in [0.4, 0.5) is 0 Å². The molecule has 96 valence electrons. The summed E-state index contributed by atoms with van der Waals surface area (Å²) in [4.78, 5) is 16.1. The third kappa shape index (κ3) is 3.44. The first-order valence-electron chi connectivity index (χ1n) is 6.37. The van der Waals surface area contributed by atoms with Crippen molar-refractivity contribution in [1.82, 2.24) is 9.80 Å². The molecule has 0 atom stereocenters. The zero-order valence-corrected chi connectivity index (χ0v) is 11.1. The van der Waals surface area contributed by atoms with Gasteiger partial charge in [0.2, 0.25) is 5.91 Å². The van der Waals surface area contributed by atoms with Crippen LogP contribution in [0, 0.1) is 6.92 Å². The maximum atomic E-state index is 12.0. The van der Waals surface area contributed by atoms with Gasteiger partial charge in [-0.05, 0) is 25.6 Å². The van der Waals surface area contributed by atoms with Gasteiger partial charge in [-0.1, -0.05) is 29.8 Å². The number of amides is 1. The molecule has 1 aromatic rings. The van der Waals surface area contributed by atoms with Gasteiger partial charge in [0.1, 0.15) is 0 Å². The van der Waals surface area contributed by atoms with Crippen LogP contribution < -0.4 is 0 Å². The third-order valence-corrected chi connectivity index (χ3v) is 3.31. The summed E-state index contributed by atoms with van der Waals surface area (Å²) in [6.07, 6.45) is 3.57. The molecular formula is C15H20N2O. The first kappa shape index (κ1) is 12.8. The molecule has 1 saturated heterocycles. The molecule has 1 aliphatic rings. The van der Waals surface area contributed by atoms with Crippen molar-refractivity contribution in [3.05, 3.63) is 41.5 Å². The first-order chi connectivity index (χ1) is 8.65. The third-order valence-electron chi connectivity index (χ3n) is 3.31. The van der Waals surface area contributed by atoms with Crippen LogP contribution in [0.2, 0.25) is 0 Å². The minimum atomic E-state index is 0.115. The van der Waals surface area contributed by atoms with E-state index in [0.29, 0.717) is 0 Å². The number of carbonyl (C=O) groups is 1.